The molecule has 3 aromatic rings. The Labute approximate surface area is 163 Å². The molecule has 6 nitrogen and oxygen atoms in total. The zero-order valence-electron chi connectivity index (χ0n) is 15.9. The fourth-order valence-electron chi connectivity index (χ4n) is 4.59. The van der Waals surface area contributed by atoms with Crippen molar-refractivity contribution in [3.63, 3.8) is 0 Å². The van der Waals surface area contributed by atoms with Gasteiger partial charge >= 0.3 is 0 Å². The van der Waals surface area contributed by atoms with E-state index in [1.807, 2.05) is 42.0 Å². The molecule has 0 bridgehead atoms. The van der Waals surface area contributed by atoms with Crippen LogP contribution in [0.1, 0.15) is 29.2 Å². The number of hydrogen-bond donors (Lipinski definition) is 3. The molecule has 6 heteroatoms. The molecule has 2 aliphatic rings. The van der Waals surface area contributed by atoms with Crippen molar-refractivity contribution < 1.29 is 14.9 Å². The second-order valence-corrected chi connectivity index (χ2v) is 7.85. The van der Waals surface area contributed by atoms with Gasteiger partial charge in [0.25, 0.3) is 0 Å². The second-order valence-electron chi connectivity index (χ2n) is 7.85. The summed E-state index contributed by atoms with van der Waals surface area (Å²) in [5.74, 6) is 0.822. The second kappa shape index (κ2) is 6.88. The molecule has 28 heavy (non-hydrogen) atoms. The van der Waals surface area contributed by atoms with Crippen molar-refractivity contribution in [2.75, 3.05) is 6.54 Å². The monoisotopic (exact) mass is 379 g/mol. The Morgan fingerprint density at radius 1 is 1.18 bits per heavy atom. The van der Waals surface area contributed by atoms with E-state index >= 15 is 0 Å². The third-order valence-corrected chi connectivity index (χ3v) is 6.17. The summed E-state index contributed by atoms with van der Waals surface area (Å²) in [5, 5.41) is 25.9. The Bertz CT molecular complexity index is 1020. The number of pyridine rings is 1. The third-order valence-electron chi connectivity index (χ3n) is 6.17. The summed E-state index contributed by atoms with van der Waals surface area (Å²) in [6.45, 7) is 3.81. The average molecular weight is 379 g/mol. The molecule has 0 saturated heterocycles. The van der Waals surface area contributed by atoms with E-state index in [0.717, 1.165) is 41.9 Å². The molecule has 5 rings (SSSR count). The molecule has 0 spiro atoms. The molecule has 0 amide bonds. The zero-order chi connectivity index (χ0) is 19.3. The van der Waals surface area contributed by atoms with Gasteiger partial charge in [-0.15, -0.1) is 0 Å². The summed E-state index contributed by atoms with van der Waals surface area (Å²) in [6, 6.07) is 9.79. The zero-order valence-corrected chi connectivity index (χ0v) is 15.9. The van der Waals surface area contributed by atoms with Crippen LogP contribution in [0.4, 0.5) is 0 Å². The van der Waals surface area contributed by atoms with E-state index in [2.05, 4.69) is 16.4 Å². The van der Waals surface area contributed by atoms with Crippen molar-refractivity contribution in [1.29, 1.82) is 0 Å². The summed E-state index contributed by atoms with van der Waals surface area (Å²) in [7, 11) is 0. The SMILES string of the molecule is Cc1ccnc2c1ccn2[C@@H]1C[C@H](Oc2cccc3c2CCNC3)[C@@H](O)[C@H]1O. The Morgan fingerprint density at radius 3 is 2.96 bits per heavy atom. The van der Waals surface area contributed by atoms with Crippen LogP contribution >= 0.6 is 0 Å². The molecular formula is C22H25N3O3. The number of ether oxygens (including phenoxy) is 1. The van der Waals surface area contributed by atoms with Crippen LogP contribution in [-0.2, 0) is 13.0 Å². The number of fused-ring (bicyclic) bond motifs is 2. The number of benzene rings is 1. The van der Waals surface area contributed by atoms with Gasteiger partial charge in [-0.05, 0) is 54.8 Å². The normalized spacial score (nSPS) is 27.1. The summed E-state index contributed by atoms with van der Waals surface area (Å²) in [5.41, 5.74) is 4.42. The quantitative estimate of drug-likeness (QED) is 0.650. The van der Waals surface area contributed by atoms with Gasteiger partial charge in [0.15, 0.2) is 0 Å². The molecule has 1 aliphatic carbocycles. The smallest absolute Gasteiger partial charge is 0.140 e. The average Bonchev–Trinajstić information content (AvgIpc) is 3.26. The first kappa shape index (κ1) is 17.7. The van der Waals surface area contributed by atoms with Gasteiger partial charge in [-0.3, -0.25) is 0 Å². The fraction of sp³-hybridized carbons (Fsp3) is 0.409. The highest BCUT2D eigenvalue weighted by Crippen LogP contribution is 2.37. The lowest BCUT2D eigenvalue weighted by Crippen LogP contribution is -2.34. The molecular weight excluding hydrogens is 354 g/mol. The fourth-order valence-corrected chi connectivity index (χ4v) is 4.59. The van der Waals surface area contributed by atoms with E-state index in [0.29, 0.717) is 6.42 Å². The molecule has 2 aromatic heterocycles. The lowest BCUT2D eigenvalue weighted by atomic mass is 10.00. The molecule has 4 atom stereocenters. The minimum Gasteiger partial charge on any atom is -0.487 e. The van der Waals surface area contributed by atoms with Crippen LogP contribution in [-0.4, -0.2) is 44.6 Å². The van der Waals surface area contributed by atoms with Gasteiger partial charge in [0, 0.05) is 30.7 Å². The number of nitrogens with one attached hydrogen (secondary N) is 1. The van der Waals surface area contributed by atoms with Gasteiger partial charge < -0.3 is 24.8 Å². The van der Waals surface area contributed by atoms with E-state index in [9.17, 15) is 10.2 Å². The van der Waals surface area contributed by atoms with Crippen LogP contribution in [0.25, 0.3) is 11.0 Å². The number of aromatic nitrogens is 2. The minimum atomic E-state index is -0.940. The summed E-state index contributed by atoms with van der Waals surface area (Å²) >= 11 is 0. The third kappa shape index (κ3) is 2.80. The molecule has 0 unspecified atom stereocenters. The minimum absolute atomic E-state index is 0.270. The standard InChI is InChI=1S/C22H25N3O3/c1-13-5-9-24-22-15(13)7-10-25(22)17-11-19(21(27)20(17)26)28-18-4-2-3-14-12-23-8-6-16(14)18/h2-5,7,9-10,17,19-21,23,26-27H,6,8,11-12H2,1H3/t17-,19+,20+,21-/m1/s1. The van der Waals surface area contributed by atoms with Gasteiger partial charge in [-0.2, -0.15) is 0 Å². The van der Waals surface area contributed by atoms with E-state index in [1.165, 1.54) is 11.1 Å². The van der Waals surface area contributed by atoms with E-state index in [-0.39, 0.29) is 6.04 Å². The summed E-state index contributed by atoms with van der Waals surface area (Å²) in [4.78, 5) is 4.50. The predicted octanol–water partition coefficient (Wildman–Crippen LogP) is 2.10. The number of aliphatic hydroxyl groups is 2. The molecule has 0 radical (unpaired) electrons. The first-order valence-corrected chi connectivity index (χ1v) is 9.90. The van der Waals surface area contributed by atoms with Crippen LogP contribution in [0.3, 0.4) is 0 Å². The van der Waals surface area contributed by atoms with Crippen LogP contribution in [0.5, 0.6) is 5.75 Å². The van der Waals surface area contributed by atoms with Crippen LogP contribution in [0, 0.1) is 6.92 Å². The van der Waals surface area contributed by atoms with Crippen molar-refractivity contribution in [2.24, 2.45) is 0 Å². The molecule has 3 N–H and O–H groups in total. The van der Waals surface area contributed by atoms with E-state index < -0.39 is 18.3 Å². The summed E-state index contributed by atoms with van der Waals surface area (Å²) < 4.78 is 8.23. The molecule has 1 aromatic carbocycles. The first-order valence-electron chi connectivity index (χ1n) is 9.90. The Balaban J connectivity index is 1.43. The highest BCUT2D eigenvalue weighted by Gasteiger charge is 2.44. The Morgan fingerprint density at radius 2 is 2.07 bits per heavy atom. The molecule has 146 valence electrons. The van der Waals surface area contributed by atoms with Crippen molar-refractivity contribution in [1.82, 2.24) is 14.9 Å². The molecule has 1 fully saturated rings. The van der Waals surface area contributed by atoms with E-state index in [4.69, 9.17) is 4.74 Å². The number of aryl methyl sites for hydroxylation is 1. The first-order chi connectivity index (χ1) is 13.6. The van der Waals surface area contributed by atoms with E-state index in [1.54, 1.807) is 6.20 Å². The number of hydrogen-bond acceptors (Lipinski definition) is 5. The van der Waals surface area contributed by atoms with Crippen molar-refractivity contribution in [3.8, 4) is 5.75 Å². The van der Waals surface area contributed by atoms with Gasteiger partial charge in [-0.25, -0.2) is 4.98 Å². The summed E-state index contributed by atoms with van der Waals surface area (Å²) in [6.07, 6.45) is 2.88. The van der Waals surface area contributed by atoms with Crippen molar-refractivity contribution >= 4 is 11.0 Å². The number of aliphatic hydroxyl groups excluding tert-OH is 2. The molecule has 1 aliphatic heterocycles. The van der Waals surface area contributed by atoms with Gasteiger partial charge in [-0.1, -0.05) is 12.1 Å². The number of rotatable bonds is 3. The van der Waals surface area contributed by atoms with Crippen LogP contribution in [0.15, 0.2) is 42.7 Å². The van der Waals surface area contributed by atoms with Gasteiger partial charge in [0.1, 0.15) is 29.7 Å². The van der Waals surface area contributed by atoms with Crippen LogP contribution < -0.4 is 10.1 Å². The van der Waals surface area contributed by atoms with Crippen molar-refractivity contribution in [3.05, 3.63) is 59.4 Å². The van der Waals surface area contributed by atoms with Gasteiger partial charge in [0.05, 0.1) is 6.04 Å². The maximum absolute atomic E-state index is 10.8. The Kier molecular flexibility index (Phi) is 4.34. The lowest BCUT2D eigenvalue weighted by molar-refractivity contribution is -0.0166. The largest absolute Gasteiger partial charge is 0.487 e. The highest BCUT2D eigenvalue weighted by atomic mass is 16.5. The van der Waals surface area contributed by atoms with Gasteiger partial charge in [0.2, 0.25) is 0 Å². The van der Waals surface area contributed by atoms with Crippen LogP contribution in [0.2, 0.25) is 0 Å². The molecule has 3 heterocycles. The lowest BCUT2D eigenvalue weighted by Gasteiger charge is -2.24. The maximum atomic E-state index is 10.8. The topological polar surface area (TPSA) is 79.5 Å². The Hall–Kier alpha value is -2.41. The predicted molar refractivity (Wildman–Crippen MR) is 106 cm³/mol. The maximum Gasteiger partial charge on any atom is 0.140 e. The number of nitrogens with zero attached hydrogens (tertiary/aromatic N) is 2. The van der Waals surface area contributed by atoms with Crippen molar-refractivity contribution in [2.45, 2.75) is 50.7 Å². The highest BCUT2D eigenvalue weighted by molar-refractivity contribution is 5.79. The molecule has 1 saturated carbocycles.